The monoisotopic (exact) mass is 712 g/mol. The highest BCUT2D eigenvalue weighted by Gasteiger charge is 2.70. The summed E-state index contributed by atoms with van der Waals surface area (Å²) < 4.78 is 5.42. The van der Waals surface area contributed by atoms with Crippen molar-refractivity contribution in [1.82, 2.24) is 31.1 Å². The number of likely N-dealkylation sites (tertiary alicyclic amines) is 1. The lowest BCUT2D eigenvalue weighted by Crippen LogP contribution is -2.60. The first-order valence-corrected chi connectivity index (χ1v) is 17.5. The minimum atomic E-state index is -1.21. The van der Waals surface area contributed by atoms with E-state index < -0.39 is 77.2 Å². The summed E-state index contributed by atoms with van der Waals surface area (Å²) in [5.41, 5.74) is -1.21. The zero-order valence-electron chi connectivity index (χ0n) is 31.8. The van der Waals surface area contributed by atoms with Gasteiger partial charge >= 0.3 is 6.09 Å². The summed E-state index contributed by atoms with van der Waals surface area (Å²) in [5.74, 6) is -4.26. The SMILES string of the molecule is CCCC(NC(=O)C1C2[C@H](CN1C(=O)[C@@H](NC(=O)OC(C)(C)C)C(C)(C)C)C2(C)C)C(=O)C(=O)NCC(=O)N[C@H](C(=O)N(C)C)c1ccccc1. The molecule has 6 atom stereocenters. The van der Waals surface area contributed by atoms with Crippen molar-refractivity contribution in [2.75, 3.05) is 27.2 Å². The number of nitrogens with zero attached hydrogens (tertiary/aromatic N) is 2. The van der Waals surface area contributed by atoms with Gasteiger partial charge in [0.15, 0.2) is 0 Å². The van der Waals surface area contributed by atoms with E-state index >= 15 is 0 Å². The first kappa shape index (κ1) is 40.9. The van der Waals surface area contributed by atoms with Crippen molar-refractivity contribution in [3.63, 3.8) is 0 Å². The third kappa shape index (κ3) is 10.1. The Balaban J connectivity index is 1.73. The highest BCUT2D eigenvalue weighted by Crippen LogP contribution is 2.65. The number of ether oxygens (including phenoxy) is 1. The predicted octanol–water partition coefficient (Wildman–Crippen LogP) is 2.32. The molecule has 3 rings (SSSR count). The van der Waals surface area contributed by atoms with Crippen molar-refractivity contribution < 1.29 is 38.3 Å². The maximum absolute atomic E-state index is 14.1. The molecule has 1 aromatic carbocycles. The third-order valence-corrected chi connectivity index (χ3v) is 9.50. The second kappa shape index (κ2) is 15.8. The van der Waals surface area contributed by atoms with Gasteiger partial charge in [0.25, 0.3) is 5.91 Å². The van der Waals surface area contributed by atoms with E-state index in [0.29, 0.717) is 18.5 Å². The zero-order chi connectivity index (χ0) is 38.6. The average Bonchev–Trinajstić information content (AvgIpc) is 3.33. The van der Waals surface area contributed by atoms with E-state index in [0.717, 1.165) is 0 Å². The number of ketones is 1. The molecule has 1 aliphatic carbocycles. The Morgan fingerprint density at radius 2 is 1.55 bits per heavy atom. The molecule has 2 aliphatic rings. The van der Waals surface area contributed by atoms with Gasteiger partial charge in [0.05, 0.1) is 12.6 Å². The molecule has 4 N–H and O–H groups in total. The summed E-state index contributed by atoms with van der Waals surface area (Å²) in [6, 6.07) is 4.46. The number of carbonyl (C=O) groups is 7. The van der Waals surface area contributed by atoms with Crippen LogP contribution in [-0.4, -0.2) is 102 Å². The molecule has 0 aromatic heterocycles. The van der Waals surface area contributed by atoms with Crippen LogP contribution in [-0.2, 0) is 33.5 Å². The van der Waals surface area contributed by atoms with Crippen LogP contribution < -0.4 is 21.3 Å². The zero-order valence-corrected chi connectivity index (χ0v) is 31.8. The fraction of sp³-hybridized carbons (Fsp3) is 0.649. The van der Waals surface area contributed by atoms with Crippen LogP contribution >= 0.6 is 0 Å². The number of alkyl carbamates (subject to hydrolysis) is 1. The quantitative estimate of drug-likeness (QED) is 0.225. The molecule has 1 aliphatic heterocycles. The van der Waals surface area contributed by atoms with Gasteiger partial charge in [-0.3, -0.25) is 28.8 Å². The second-order valence-electron chi connectivity index (χ2n) is 16.4. The lowest BCUT2D eigenvalue weighted by molar-refractivity contribution is -0.145. The molecule has 2 fully saturated rings. The fourth-order valence-corrected chi connectivity index (χ4v) is 6.68. The summed E-state index contributed by atoms with van der Waals surface area (Å²) in [6.07, 6.45) is -0.164. The van der Waals surface area contributed by atoms with Crippen LogP contribution in [0.5, 0.6) is 0 Å². The number of piperidine rings is 1. The number of benzene rings is 1. The molecule has 1 saturated carbocycles. The van der Waals surface area contributed by atoms with Gasteiger partial charge < -0.3 is 35.8 Å². The van der Waals surface area contributed by atoms with Gasteiger partial charge in [-0.2, -0.15) is 0 Å². The Hall–Kier alpha value is -4.49. The van der Waals surface area contributed by atoms with Crippen LogP contribution in [0.25, 0.3) is 0 Å². The lowest BCUT2D eigenvalue weighted by atomic mass is 9.85. The van der Waals surface area contributed by atoms with Crippen molar-refractivity contribution in [2.45, 2.75) is 105 Å². The van der Waals surface area contributed by atoms with Gasteiger partial charge in [-0.25, -0.2) is 4.79 Å². The number of carbonyl (C=O) groups excluding carboxylic acids is 7. The Kier molecular flexibility index (Phi) is 12.7. The Morgan fingerprint density at radius 1 is 0.941 bits per heavy atom. The number of amides is 6. The number of likely N-dealkylation sites (N-methyl/N-ethyl adjacent to an activating group) is 1. The molecule has 51 heavy (non-hydrogen) atoms. The van der Waals surface area contributed by atoms with Crippen LogP contribution in [0, 0.1) is 22.7 Å². The van der Waals surface area contributed by atoms with E-state index in [9.17, 15) is 33.6 Å². The van der Waals surface area contributed by atoms with Crippen molar-refractivity contribution >= 4 is 41.4 Å². The van der Waals surface area contributed by atoms with Crippen LogP contribution in [0.4, 0.5) is 4.79 Å². The number of fused-ring (bicyclic) bond motifs is 1. The average molecular weight is 713 g/mol. The standard InChI is InChI=1S/C37H56N6O8/c1-12-16-23(28(45)31(47)38-19-24(44)40-26(32(48)42(10)11)21-17-14-13-15-18-21)39-30(46)27-25-22(37(25,8)9)20-43(27)33(49)29(35(2,3)4)41-34(50)51-36(5,6)7/h13-15,17-18,22-23,25-27,29H,12,16,19-20H2,1-11H3,(H,38,47)(H,39,46)(H,40,44)(H,41,50)/t22-,23?,25?,26-,27?,29+/m0/s1. The van der Waals surface area contributed by atoms with E-state index in [1.165, 1.54) is 9.80 Å². The Labute approximate surface area is 301 Å². The van der Waals surface area contributed by atoms with Crippen molar-refractivity contribution in [3.8, 4) is 0 Å². The number of rotatable bonds is 13. The minimum Gasteiger partial charge on any atom is -0.444 e. The molecule has 0 bridgehead atoms. The highest BCUT2D eigenvalue weighted by molar-refractivity contribution is 6.38. The van der Waals surface area contributed by atoms with Crippen LogP contribution in [0.3, 0.4) is 0 Å². The maximum atomic E-state index is 14.1. The number of nitrogens with one attached hydrogen (secondary N) is 4. The van der Waals surface area contributed by atoms with Crippen LogP contribution in [0.2, 0.25) is 0 Å². The van der Waals surface area contributed by atoms with Gasteiger partial charge in [-0.1, -0.05) is 78.3 Å². The topological polar surface area (TPSA) is 183 Å². The number of Topliss-reactive ketones (excluding diaryl/α,β-unsaturated/α-hetero) is 1. The molecule has 282 valence electrons. The molecule has 14 nitrogen and oxygen atoms in total. The van der Waals surface area contributed by atoms with Crippen LogP contribution in [0.1, 0.15) is 86.8 Å². The van der Waals surface area contributed by atoms with E-state index in [1.54, 1.807) is 92.9 Å². The van der Waals surface area contributed by atoms with Crippen molar-refractivity contribution in [2.24, 2.45) is 22.7 Å². The van der Waals surface area contributed by atoms with E-state index in [2.05, 4.69) is 21.3 Å². The first-order valence-electron chi connectivity index (χ1n) is 17.5. The molecule has 0 spiro atoms. The maximum Gasteiger partial charge on any atom is 0.408 e. The highest BCUT2D eigenvalue weighted by atomic mass is 16.6. The van der Waals surface area contributed by atoms with Gasteiger partial charge in [0.1, 0.15) is 23.7 Å². The van der Waals surface area contributed by atoms with E-state index in [-0.39, 0.29) is 29.6 Å². The Bertz CT molecular complexity index is 1500. The largest absolute Gasteiger partial charge is 0.444 e. The third-order valence-electron chi connectivity index (χ3n) is 9.50. The molecular weight excluding hydrogens is 656 g/mol. The number of hydrogen-bond acceptors (Lipinski definition) is 8. The van der Waals surface area contributed by atoms with Crippen molar-refractivity contribution in [1.29, 1.82) is 0 Å². The summed E-state index contributed by atoms with van der Waals surface area (Å²) in [5, 5.41) is 10.4. The first-order chi connectivity index (χ1) is 23.5. The minimum absolute atomic E-state index is 0.0283. The fourth-order valence-electron chi connectivity index (χ4n) is 6.68. The molecule has 3 unspecified atom stereocenters. The van der Waals surface area contributed by atoms with Crippen molar-refractivity contribution in [3.05, 3.63) is 35.9 Å². The Morgan fingerprint density at radius 3 is 2.08 bits per heavy atom. The molecule has 1 heterocycles. The smallest absolute Gasteiger partial charge is 0.408 e. The molecule has 1 saturated heterocycles. The normalized spacial score (nSPS) is 20.8. The molecule has 1 aromatic rings. The van der Waals surface area contributed by atoms with Crippen LogP contribution in [0.15, 0.2) is 30.3 Å². The van der Waals surface area contributed by atoms with Gasteiger partial charge in [0, 0.05) is 20.6 Å². The molecule has 14 heteroatoms. The summed E-state index contributed by atoms with van der Waals surface area (Å²) >= 11 is 0. The number of hydrogen-bond donors (Lipinski definition) is 4. The predicted molar refractivity (Wildman–Crippen MR) is 190 cm³/mol. The van der Waals surface area contributed by atoms with E-state index in [4.69, 9.17) is 4.74 Å². The van der Waals surface area contributed by atoms with Gasteiger partial charge in [-0.15, -0.1) is 0 Å². The lowest BCUT2D eigenvalue weighted by Gasteiger charge is -2.38. The molecule has 6 amide bonds. The summed E-state index contributed by atoms with van der Waals surface area (Å²) in [4.78, 5) is 95.7. The molecule has 0 radical (unpaired) electrons. The van der Waals surface area contributed by atoms with E-state index in [1.807, 2.05) is 13.8 Å². The summed E-state index contributed by atoms with van der Waals surface area (Å²) in [6.45, 7) is 16.1. The van der Waals surface area contributed by atoms with Gasteiger partial charge in [-0.05, 0) is 55.4 Å². The van der Waals surface area contributed by atoms with Gasteiger partial charge in [0.2, 0.25) is 29.4 Å². The summed E-state index contributed by atoms with van der Waals surface area (Å²) in [7, 11) is 3.12. The molecular formula is C37H56N6O8. The second-order valence-corrected chi connectivity index (χ2v) is 16.4.